The predicted molar refractivity (Wildman–Crippen MR) is 126 cm³/mol. The van der Waals surface area contributed by atoms with Crippen LogP contribution < -0.4 is 10.5 Å². The smallest absolute Gasteiger partial charge is 0.433 e. The molecule has 0 unspecified atom stereocenters. The van der Waals surface area contributed by atoms with Crippen LogP contribution in [-0.4, -0.2) is 34.4 Å². The van der Waals surface area contributed by atoms with Crippen LogP contribution in [0.5, 0.6) is 5.75 Å². The van der Waals surface area contributed by atoms with Crippen LogP contribution in [0.4, 0.5) is 13.2 Å². The zero-order chi connectivity index (χ0) is 25.6. The van der Waals surface area contributed by atoms with Gasteiger partial charge in [0.05, 0.1) is 13.2 Å². The maximum atomic E-state index is 13.5. The monoisotopic (exact) mass is 496 g/mol. The Morgan fingerprint density at radius 1 is 1.11 bits per heavy atom. The Kier molecular flexibility index (Phi) is 5.91. The van der Waals surface area contributed by atoms with Gasteiger partial charge >= 0.3 is 6.18 Å². The lowest BCUT2D eigenvalue weighted by molar-refractivity contribution is -0.140. The van der Waals surface area contributed by atoms with Crippen molar-refractivity contribution >= 4 is 16.8 Å². The minimum atomic E-state index is -4.62. The normalized spacial score (nSPS) is 14.6. The lowest BCUT2D eigenvalue weighted by Crippen LogP contribution is -2.36. The minimum absolute atomic E-state index is 0.00545. The first-order valence-corrected chi connectivity index (χ1v) is 11.3. The quantitative estimate of drug-likeness (QED) is 0.421. The second-order valence-corrected chi connectivity index (χ2v) is 8.67. The van der Waals surface area contributed by atoms with Crippen LogP contribution in [0.1, 0.15) is 46.0 Å². The van der Waals surface area contributed by atoms with Gasteiger partial charge in [-0.15, -0.1) is 0 Å². The number of alkyl halides is 3. The summed E-state index contributed by atoms with van der Waals surface area (Å²) in [5.74, 6) is 0.124. The summed E-state index contributed by atoms with van der Waals surface area (Å²) in [5, 5.41) is 0.339. The fourth-order valence-electron chi connectivity index (χ4n) is 4.43. The second kappa shape index (κ2) is 8.94. The Balaban J connectivity index is 1.58. The molecule has 1 aliphatic heterocycles. The van der Waals surface area contributed by atoms with Crippen molar-refractivity contribution in [1.29, 1.82) is 0 Å². The number of benzene rings is 2. The SMILES string of the molecule is COc1ccc(-c2nc(C(=O)N3CCc4ccccc4C3)c([C@H](C)N)o2)c2ccc(C(F)(F)F)nc12. The molecule has 4 aromatic rings. The van der Waals surface area contributed by atoms with Crippen LogP contribution in [0.25, 0.3) is 22.4 Å². The lowest BCUT2D eigenvalue weighted by atomic mass is 9.99. The number of methoxy groups -OCH3 is 1. The number of halogens is 3. The number of hydrogen-bond acceptors (Lipinski definition) is 6. The van der Waals surface area contributed by atoms with Crippen molar-refractivity contribution in [3.63, 3.8) is 0 Å². The molecule has 1 amide bonds. The van der Waals surface area contributed by atoms with Gasteiger partial charge in [-0.25, -0.2) is 9.97 Å². The third kappa shape index (κ3) is 4.17. The standard InChI is InChI=1S/C26H23F3N4O3/c1-14(30)23-22(25(34)33-12-11-15-5-3-4-6-16(15)13-33)32-24(36-23)18-7-9-19(35-2)21-17(18)8-10-20(31-21)26(27,28)29/h3-10,14H,11-13,30H2,1-2H3/t14-/m0/s1. The summed E-state index contributed by atoms with van der Waals surface area (Å²) in [7, 11) is 1.35. The number of hydrogen-bond donors (Lipinski definition) is 1. The van der Waals surface area contributed by atoms with E-state index in [2.05, 4.69) is 9.97 Å². The zero-order valence-corrected chi connectivity index (χ0v) is 19.6. The van der Waals surface area contributed by atoms with Gasteiger partial charge in [-0.3, -0.25) is 4.79 Å². The summed E-state index contributed by atoms with van der Waals surface area (Å²) in [6.45, 7) is 2.63. The number of pyridine rings is 1. The molecule has 1 atom stereocenters. The van der Waals surface area contributed by atoms with Crippen molar-refractivity contribution < 1.29 is 27.1 Å². The molecule has 1 aliphatic rings. The molecule has 0 bridgehead atoms. The molecular formula is C26H23F3N4O3. The highest BCUT2D eigenvalue weighted by Gasteiger charge is 2.34. The average Bonchev–Trinajstić information content (AvgIpc) is 3.32. The molecule has 36 heavy (non-hydrogen) atoms. The van der Waals surface area contributed by atoms with Gasteiger partial charge in [0, 0.05) is 24.0 Å². The van der Waals surface area contributed by atoms with Gasteiger partial charge in [0.2, 0.25) is 5.89 Å². The van der Waals surface area contributed by atoms with Crippen LogP contribution in [0.3, 0.4) is 0 Å². The highest BCUT2D eigenvalue weighted by molar-refractivity contribution is 5.98. The summed E-state index contributed by atoms with van der Waals surface area (Å²) in [6.07, 6.45) is -3.90. The lowest BCUT2D eigenvalue weighted by Gasteiger charge is -2.28. The number of aromatic nitrogens is 2. The Morgan fingerprint density at radius 3 is 2.56 bits per heavy atom. The number of rotatable bonds is 4. The molecule has 0 saturated carbocycles. The van der Waals surface area contributed by atoms with Gasteiger partial charge in [-0.05, 0) is 48.7 Å². The van der Waals surface area contributed by atoms with Crippen LogP contribution in [0.15, 0.2) is 52.9 Å². The Labute approximate surface area is 204 Å². The Hall–Kier alpha value is -3.92. The number of ether oxygens (including phenoxy) is 1. The van der Waals surface area contributed by atoms with Crippen molar-refractivity contribution in [2.75, 3.05) is 13.7 Å². The molecule has 0 saturated heterocycles. The van der Waals surface area contributed by atoms with E-state index in [4.69, 9.17) is 14.9 Å². The Bertz CT molecular complexity index is 1460. The molecule has 0 spiro atoms. The molecule has 0 fully saturated rings. The fourth-order valence-corrected chi connectivity index (χ4v) is 4.43. The summed E-state index contributed by atoms with van der Waals surface area (Å²) in [4.78, 5) is 23.4. The van der Waals surface area contributed by atoms with E-state index in [1.54, 1.807) is 17.9 Å². The van der Waals surface area contributed by atoms with Crippen molar-refractivity contribution in [2.24, 2.45) is 5.73 Å². The molecule has 0 radical (unpaired) electrons. The third-order valence-electron chi connectivity index (χ3n) is 6.25. The number of fused-ring (bicyclic) bond motifs is 2. The molecule has 7 nitrogen and oxygen atoms in total. The molecule has 3 heterocycles. The van der Waals surface area contributed by atoms with Crippen molar-refractivity contribution in [3.05, 3.63) is 76.8 Å². The van der Waals surface area contributed by atoms with Gasteiger partial charge in [0.15, 0.2) is 11.5 Å². The number of oxazole rings is 1. The molecular weight excluding hydrogens is 473 g/mol. The van der Waals surface area contributed by atoms with Gasteiger partial charge < -0.3 is 19.8 Å². The summed E-state index contributed by atoms with van der Waals surface area (Å²) < 4.78 is 51.1. The topological polar surface area (TPSA) is 94.5 Å². The van der Waals surface area contributed by atoms with Crippen molar-refractivity contribution in [2.45, 2.75) is 32.1 Å². The van der Waals surface area contributed by atoms with Gasteiger partial charge in [-0.1, -0.05) is 24.3 Å². The number of nitrogens with zero attached hydrogens (tertiary/aromatic N) is 3. The number of carbonyl (C=O) groups is 1. The molecule has 5 rings (SSSR count). The van der Waals surface area contributed by atoms with E-state index in [0.29, 0.717) is 24.0 Å². The largest absolute Gasteiger partial charge is 0.494 e. The predicted octanol–water partition coefficient (Wildman–Crippen LogP) is 5.14. The van der Waals surface area contributed by atoms with E-state index in [-0.39, 0.29) is 34.5 Å². The van der Waals surface area contributed by atoms with Gasteiger partial charge in [0.25, 0.3) is 5.91 Å². The van der Waals surface area contributed by atoms with E-state index < -0.39 is 17.9 Å². The molecule has 0 aliphatic carbocycles. The van der Waals surface area contributed by atoms with E-state index in [0.717, 1.165) is 18.1 Å². The Morgan fingerprint density at radius 2 is 1.86 bits per heavy atom. The maximum Gasteiger partial charge on any atom is 0.433 e. The van der Waals surface area contributed by atoms with Crippen LogP contribution in [0.2, 0.25) is 0 Å². The summed E-state index contributed by atoms with van der Waals surface area (Å²) >= 11 is 0. The summed E-state index contributed by atoms with van der Waals surface area (Å²) in [6, 6.07) is 12.6. The number of carbonyl (C=O) groups excluding carboxylic acids is 1. The van der Waals surface area contributed by atoms with Crippen LogP contribution >= 0.6 is 0 Å². The highest BCUT2D eigenvalue weighted by Crippen LogP contribution is 2.37. The van der Waals surface area contributed by atoms with Gasteiger partial charge in [0.1, 0.15) is 17.0 Å². The number of amides is 1. The molecule has 2 N–H and O–H groups in total. The van der Waals surface area contributed by atoms with Gasteiger partial charge in [-0.2, -0.15) is 13.2 Å². The van der Waals surface area contributed by atoms with Crippen molar-refractivity contribution in [1.82, 2.24) is 14.9 Å². The van der Waals surface area contributed by atoms with E-state index >= 15 is 0 Å². The summed E-state index contributed by atoms with van der Waals surface area (Å²) in [5.41, 5.74) is 7.80. The minimum Gasteiger partial charge on any atom is -0.494 e. The van der Waals surface area contributed by atoms with E-state index in [9.17, 15) is 18.0 Å². The first kappa shape index (κ1) is 23.8. The van der Waals surface area contributed by atoms with Crippen LogP contribution in [0, 0.1) is 0 Å². The molecule has 10 heteroatoms. The van der Waals surface area contributed by atoms with E-state index in [1.165, 1.54) is 24.8 Å². The molecule has 186 valence electrons. The van der Waals surface area contributed by atoms with Crippen LogP contribution in [-0.2, 0) is 19.1 Å². The first-order chi connectivity index (χ1) is 17.2. The molecule has 2 aromatic carbocycles. The highest BCUT2D eigenvalue weighted by atomic mass is 19.4. The number of nitrogens with two attached hydrogens (primary N) is 1. The average molecular weight is 496 g/mol. The first-order valence-electron chi connectivity index (χ1n) is 11.3. The maximum absolute atomic E-state index is 13.5. The van der Waals surface area contributed by atoms with E-state index in [1.807, 2.05) is 24.3 Å². The third-order valence-corrected chi connectivity index (χ3v) is 6.25. The van der Waals surface area contributed by atoms with Crippen molar-refractivity contribution in [3.8, 4) is 17.2 Å². The molecule has 2 aromatic heterocycles. The fraction of sp³-hybridized carbons (Fsp3) is 0.269. The second-order valence-electron chi connectivity index (χ2n) is 8.67. The zero-order valence-electron chi connectivity index (χ0n) is 19.6.